The van der Waals surface area contributed by atoms with Crippen molar-refractivity contribution in [1.82, 2.24) is 29.7 Å². The van der Waals surface area contributed by atoms with Gasteiger partial charge in [0, 0.05) is 0 Å². The molecule has 0 amide bonds. The molecule has 0 spiro atoms. The van der Waals surface area contributed by atoms with E-state index in [2.05, 4.69) is 25.1 Å². The third-order valence-corrected chi connectivity index (χ3v) is 7.11. The minimum Gasteiger partial charge on any atom is -0.465 e. The summed E-state index contributed by atoms with van der Waals surface area (Å²) in [5.74, 6) is -1.12. The third-order valence-electron chi connectivity index (χ3n) is 5.45. The van der Waals surface area contributed by atoms with E-state index in [1.807, 2.05) is 0 Å². The van der Waals surface area contributed by atoms with E-state index in [0.717, 1.165) is 0 Å². The molecule has 0 aliphatic carbocycles. The number of aromatic nitrogens is 4. The van der Waals surface area contributed by atoms with E-state index in [-0.39, 0.29) is 24.4 Å². The molecular weight excluding hydrogens is 515 g/mol. The van der Waals surface area contributed by atoms with E-state index in [0.29, 0.717) is 5.82 Å². The van der Waals surface area contributed by atoms with Crippen LogP contribution in [0.25, 0.3) is 11.2 Å². The van der Waals surface area contributed by atoms with Gasteiger partial charge in [0.15, 0.2) is 17.4 Å². The molecular formula is C20H31N6O10P. The first-order chi connectivity index (χ1) is 17.4. The van der Waals surface area contributed by atoms with E-state index in [1.165, 1.54) is 17.8 Å². The van der Waals surface area contributed by atoms with Crippen LogP contribution in [0, 0.1) is 6.92 Å². The second-order valence-electron chi connectivity index (χ2n) is 8.30. The van der Waals surface area contributed by atoms with Crippen molar-refractivity contribution in [2.24, 2.45) is 0 Å². The molecule has 4 atom stereocenters. The number of ether oxygens (including phenoxy) is 3. The normalized spacial score (nSPS) is 23.9. The molecule has 0 aromatic carbocycles. The van der Waals surface area contributed by atoms with Gasteiger partial charge in [0.1, 0.15) is 36.7 Å². The molecule has 16 nitrogen and oxygen atoms in total. The van der Waals surface area contributed by atoms with E-state index in [1.54, 1.807) is 20.8 Å². The lowest BCUT2D eigenvalue weighted by atomic mass is 9.96. The first-order valence-corrected chi connectivity index (χ1v) is 13.1. The number of aromatic amines is 1. The molecule has 0 radical (unpaired) electrons. The van der Waals surface area contributed by atoms with E-state index >= 15 is 0 Å². The maximum Gasteiger partial charge on any atom is 0.341 e. The SMILES string of the molecule is CCOC(=O)CNP(=O)(NCC(=O)OCC)OC[C@H]1O[C@@H](n2cnc3c(=O)[nH]c(C)nc32)C(C)(O)[C@H]1O. The summed E-state index contributed by atoms with van der Waals surface area (Å²) in [6.45, 7) is 4.75. The number of hydrogen-bond donors (Lipinski definition) is 5. The monoisotopic (exact) mass is 546 g/mol. The Kier molecular flexibility index (Phi) is 9.18. The Hall–Kier alpha value is -2.72. The molecule has 3 heterocycles. The zero-order valence-electron chi connectivity index (χ0n) is 20.8. The van der Waals surface area contributed by atoms with Crippen LogP contribution in [0.5, 0.6) is 0 Å². The van der Waals surface area contributed by atoms with Crippen LogP contribution < -0.4 is 15.7 Å². The van der Waals surface area contributed by atoms with Crippen molar-refractivity contribution in [3.8, 4) is 0 Å². The van der Waals surface area contributed by atoms with Gasteiger partial charge in [-0.3, -0.25) is 23.5 Å². The highest BCUT2D eigenvalue weighted by Gasteiger charge is 2.54. The van der Waals surface area contributed by atoms with Crippen molar-refractivity contribution in [3.05, 3.63) is 22.5 Å². The Morgan fingerprint density at radius 3 is 2.41 bits per heavy atom. The van der Waals surface area contributed by atoms with Crippen molar-refractivity contribution in [2.75, 3.05) is 32.9 Å². The number of carbonyl (C=O) groups excluding carboxylic acids is 2. The Balaban J connectivity index is 1.77. The van der Waals surface area contributed by atoms with Crippen LogP contribution >= 0.6 is 7.67 Å². The average Bonchev–Trinajstić information content (AvgIpc) is 3.34. The molecule has 1 saturated heterocycles. The van der Waals surface area contributed by atoms with Crippen molar-refractivity contribution < 1.29 is 43.1 Å². The van der Waals surface area contributed by atoms with Gasteiger partial charge in [-0.1, -0.05) is 0 Å². The topological polar surface area (TPSA) is 216 Å². The molecule has 17 heteroatoms. The summed E-state index contributed by atoms with van der Waals surface area (Å²) in [5, 5.41) is 26.6. The summed E-state index contributed by atoms with van der Waals surface area (Å²) in [5.41, 5.74) is -2.26. The number of carbonyl (C=O) groups is 2. The highest BCUT2D eigenvalue weighted by Crippen LogP contribution is 2.42. The molecule has 0 saturated carbocycles. The molecule has 5 N–H and O–H groups in total. The summed E-state index contributed by atoms with van der Waals surface area (Å²) in [7, 11) is -4.08. The number of esters is 2. The summed E-state index contributed by atoms with van der Waals surface area (Å²) in [4.78, 5) is 46.4. The Bertz CT molecular complexity index is 1200. The number of aliphatic hydroxyl groups excluding tert-OH is 1. The molecule has 37 heavy (non-hydrogen) atoms. The number of nitrogens with one attached hydrogen (secondary N) is 3. The first kappa shape index (κ1) is 28.8. The molecule has 206 valence electrons. The van der Waals surface area contributed by atoms with Crippen LogP contribution in [0.15, 0.2) is 11.1 Å². The highest BCUT2D eigenvalue weighted by molar-refractivity contribution is 7.54. The molecule has 2 aromatic heterocycles. The van der Waals surface area contributed by atoms with Gasteiger partial charge in [0.25, 0.3) is 5.56 Å². The van der Waals surface area contributed by atoms with Gasteiger partial charge in [-0.25, -0.2) is 20.1 Å². The number of hydrogen-bond acceptors (Lipinski definition) is 12. The standard InChI is InChI=1S/C20H31N6O10P/c1-5-33-13(27)7-22-37(32,23-8-14(28)34-6-2)35-9-12-16(29)20(4,31)19(36-12)26-10-21-15-17(26)24-11(3)25-18(15)30/h10,12,16,19,29,31H,5-9H2,1-4H3,(H2,22,23,32)(H,24,25,30)/t12-,16+,19-,20?/m1/s1. The van der Waals surface area contributed by atoms with Crippen molar-refractivity contribution in [3.63, 3.8) is 0 Å². The number of aliphatic hydroxyl groups is 2. The van der Waals surface area contributed by atoms with Gasteiger partial charge in [0.05, 0.1) is 26.1 Å². The van der Waals surface area contributed by atoms with Crippen LogP contribution in [0.3, 0.4) is 0 Å². The van der Waals surface area contributed by atoms with Crippen LogP contribution in [-0.2, 0) is 32.9 Å². The lowest BCUT2D eigenvalue weighted by Gasteiger charge is -2.27. The number of aryl methyl sites for hydroxylation is 1. The number of imidazole rings is 1. The second-order valence-corrected chi connectivity index (χ2v) is 10.3. The van der Waals surface area contributed by atoms with Gasteiger partial charge >= 0.3 is 19.6 Å². The number of rotatable bonds is 12. The smallest absolute Gasteiger partial charge is 0.341 e. The van der Waals surface area contributed by atoms with Crippen molar-refractivity contribution in [1.29, 1.82) is 0 Å². The van der Waals surface area contributed by atoms with Crippen LogP contribution in [0.4, 0.5) is 0 Å². The Morgan fingerprint density at radius 1 is 1.24 bits per heavy atom. The van der Waals surface area contributed by atoms with Crippen LogP contribution in [0.2, 0.25) is 0 Å². The predicted octanol–water partition coefficient (Wildman–Crippen LogP) is -1.13. The molecule has 1 aliphatic rings. The maximum atomic E-state index is 13.3. The average molecular weight is 546 g/mol. The number of H-pyrrole nitrogens is 1. The van der Waals surface area contributed by atoms with Gasteiger partial charge in [-0.2, -0.15) is 0 Å². The van der Waals surface area contributed by atoms with E-state index in [9.17, 15) is 29.2 Å². The zero-order valence-corrected chi connectivity index (χ0v) is 21.7. The lowest BCUT2D eigenvalue weighted by Crippen LogP contribution is -2.44. The largest absolute Gasteiger partial charge is 0.465 e. The fourth-order valence-electron chi connectivity index (χ4n) is 3.67. The minimum atomic E-state index is -4.08. The molecule has 2 aromatic rings. The fraction of sp³-hybridized carbons (Fsp3) is 0.650. The summed E-state index contributed by atoms with van der Waals surface area (Å²) >= 11 is 0. The molecule has 0 bridgehead atoms. The van der Waals surface area contributed by atoms with Crippen molar-refractivity contribution in [2.45, 2.75) is 51.7 Å². The minimum absolute atomic E-state index is 0.00928. The van der Waals surface area contributed by atoms with Gasteiger partial charge < -0.3 is 33.9 Å². The lowest BCUT2D eigenvalue weighted by molar-refractivity contribution is -0.142. The molecule has 1 unspecified atom stereocenters. The maximum absolute atomic E-state index is 13.3. The van der Waals surface area contributed by atoms with Gasteiger partial charge in [-0.15, -0.1) is 0 Å². The Labute approximate surface area is 211 Å². The summed E-state index contributed by atoms with van der Waals surface area (Å²) in [6.07, 6.45) is -2.76. The predicted molar refractivity (Wildman–Crippen MR) is 126 cm³/mol. The van der Waals surface area contributed by atoms with Crippen molar-refractivity contribution >= 4 is 30.8 Å². The molecule has 3 rings (SSSR count). The number of nitrogens with zero attached hydrogens (tertiary/aromatic N) is 3. The summed E-state index contributed by atoms with van der Waals surface area (Å²) in [6, 6.07) is 0. The van der Waals surface area contributed by atoms with Gasteiger partial charge in [-0.05, 0) is 27.7 Å². The van der Waals surface area contributed by atoms with Crippen LogP contribution in [-0.4, -0.2) is 92.4 Å². The fourth-order valence-corrected chi connectivity index (χ4v) is 5.00. The van der Waals surface area contributed by atoms with E-state index in [4.69, 9.17) is 18.7 Å². The highest BCUT2D eigenvalue weighted by atomic mass is 31.2. The zero-order chi connectivity index (χ0) is 27.4. The molecule has 1 aliphatic heterocycles. The molecule has 1 fully saturated rings. The Morgan fingerprint density at radius 2 is 1.84 bits per heavy atom. The first-order valence-electron chi connectivity index (χ1n) is 11.5. The second kappa shape index (κ2) is 11.8. The quantitative estimate of drug-likeness (QED) is 0.157. The van der Waals surface area contributed by atoms with Crippen LogP contribution in [0.1, 0.15) is 32.8 Å². The summed E-state index contributed by atoms with van der Waals surface area (Å²) < 4.78 is 35.5. The number of fused-ring (bicyclic) bond motifs is 1. The van der Waals surface area contributed by atoms with Gasteiger partial charge in [0.2, 0.25) is 0 Å². The third kappa shape index (κ3) is 6.59. The van der Waals surface area contributed by atoms with E-state index < -0.39 is 68.9 Å².